The molecule has 1 saturated heterocycles. The Labute approximate surface area is 151 Å². The highest BCUT2D eigenvalue weighted by Crippen LogP contribution is 2.37. The average Bonchev–Trinajstić information content (AvgIpc) is 2.57. The molecular formula is C17H26BrNO5. The van der Waals surface area contributed by atoms with Gasteiger partial charge in [-0.05, 0) is 25.3 Å². The number of rotatable bonds is 8. The first kappa shape index (κ1) is 19.5. The molecule has 0 radical (unpaired) electrons. The third-order valence-electron chi connectivity index (χ3n) is 3.84. The minimum Gasteiger partial charge on any atom is -0.628 e. The van der Waals surface area contributed by atoms with Crippen molar-refractivity contribution in [1.82, 2.24) is 4.65 Å². The number of ether oxygens (including phenoxy) is 4. The van der Waals surface area contributed by atoms with Crippen LogP contribution in [-0.4, -0.2) is 46.0 Å². The minimum atomic E-state index is -0.571. The third kappa shape index (κ3) is 5.32. The second kappa shape index (κ2) is 9.01. The number of nitrogens with zero attached hydrogens (tertiary/aromatic N) is 1. The molecule has 1 aliphatic heterocycles. The predicted molar refractivity (Wildman–Crippen MR) is 97.7 cm³/mol. The molecule has 1 fully saturated rings. The van der Waals surface area contributed by atoms with Gasteiger partial charge in [-0.2, -0.15) is 0 Å². The predicted octanol–water partition coefficient (Wildman–Crippen LogP) is 3.58. The molecule has 0 aliphatic carbocycles. The quantitative estimate of drug-likeness (QED) is 0.377. The summed E-state index contributed by atoms with van der Waals surface area (Å²) in [5, 5.41) is 13.2. The molecule has 0 aromatic heterocycles. The van der Waals surface area contributed by atoms with Crippen LogP contribution in [0.3, 0.4) is 0 Å². The molecule has 0 spiro atoms. The van der Waals surface area contributed by atoms with Crippen molar-refractivity contribution in [1.29, 1.82) is 0 Å². The van der Waals surface area contributed by atoms with Gasteiger partial charge in [-0.3, -0.25) is 0 Å². The summed E-state index contributed by atoms with van der Waals surface area (Å²) in [7, 11) is 4.75. The van der Waals surface area contributed by atoms with E-state index in [1.54, 1.807) is 27.3 Å². The summed E-state index contributed by atoms with van der Waals surface area (Å²) in [5.74, 6) is 1.16. The number of methoxy groups -OCH3 is 1. The summed E-state index contributed by atoms with van der Waals surface area (Å²) in [6.07, 6.45) is 2.85. The standard InChI is InChI=1S/C17H26BrNO5/c1-19(2,20)14-11-16(22-9-7-18)15(21-3)10-13(14)12-24-17-6-4-5-8-23-17/h10-11,17H,4-9,12H2,1-3H3. The molecular weight excluding hydrogens is 378 g/mol. The lowest BCUT2D eigenvalue weighted by atomic mass is 10.1. The van der Waals surface area contributed by atoms with Gasteiger partial charge in [0.05, 0.1) is 34.4 Å². The van der Waals surface area contributed by atoms with Crippen molar-refractivity contribution in [3.63, 3.8) is 0 Å². The number of halogens is 1. The Morgan fingerprint density at radius 2 is 2.08 bits per heavy atom. The molecule has 0 N–H and O–H groups in total. The van der Waals surface area contributed by atoms with E-state index in [2.05, 4.69) is 15.9 Å². The molecule has 1 aromatic carbocycles. The molecule has 0 amide bonds. The smallest absolute Gasteiger partial charge is 0.167 e. The van der Waals surface area contributed by atoms with Crippen LogP contribution in [0, 0.1) is 5.21 Å². The van der Waals surface area contributed by atoms with Gasteiger partial charge in [-0.1, -0.05) is 15.9 Å². The van der Waals surface area contributed by atoms with Crippen LogP contribution >= 0.6 is 15.9 Å². The first-order valence-electron chi connectivity index (χ1n) is 8.14. The maximum atomic E-state index is 12.5. The Hall–Kier alpha value is -0.860. The molecule has 24 heavy (non-hydrogen) atoms. The zero-order valence-electron chi connectivity index (χ0n) is 14.5. The van der Waals surface area contributed by atoms with Gasteiger partial charge >= 0.3 is 0 Å². The monoisotopic (exact) mass is 403 g/mol. The molecule has 2 rings (SSSR count). The van der Waals surface area contributed by atoms with E-state index in [1.165, 1.54) is 0 Å². The summed E-state index contributed by atoms with van der Waals surface area (Å²) in [4.78, 5) is 0. The summed E-state index contributed by atoms with van der Waals surface area (Å²) in [6.45, 7) is 1.52. The molecule has 1 atom stereocenters. The second-order valence-electron chi connectivity index (χ2n) is 6.13. The number of hydroxylamine groups is 2. The van der Waals surface area contributed by atoms with Gasteiger partial charge < -0.3 is 28.8 Å². The van der Waals surface area contributed by atoms with Crippen molar-refractivity contribution >= 4 is 21.6 Å². The first-order chi connectivity index (χ1) is 11.5. The fourth-order valence-corrected chi connectivity index (χ4v) is 2.82. The fourth-order valence-electron chi connectivity index (χ4n) is 2.65. The van der Waals surface area contributed by atoms with Crippen LogP contribution < -0.4 is 14.1 Å². The second-order valence-corrected chi connectivity index (χ2v) is 6.92. The zero-order valence-corrected chi connectivity index (χ0v) is 16.1. The highest BCUT2D eigenvalue weighted by atomic mass is 79.9. The molecule has 1 aromatic rings. The van der Waals surface area contributed by atoms with E-state index >= 15 is 0 Å². The van der Waals surface area contributed by atoms with Crippen LogP contribution in [0.4, 0.5) is 5.69 Å². The van der Waals surface area contributed by atoms with Crippen LogP contribution in [0.15, 0.2) is 12.1 Å². The van der Waals surface area contributed by atoms with E-state index in [9.17, 15) is 5.21 Å². The SMILES string of the molecule is COc1cc(COC2CCCCO2)c([N+](C)(C)[O-])cc1OCCBr. The normalized spacial score (nSPS) is 18.5. The summed E-state index contributed by atoms with van der Waals surface area (Å²) in [5.41, 5.74) is 1.38. The van der Waals surface area contributed by atoms with E-state index in [0.29, 0.717) is 35.7 Å². The van der Waals surface area contributed by atoms with Crippen LogP contribution in [0.25, 0.3) is 0 Å². The number of alkyl halides is 1. The summed E-state index contributed by atoms with van der Waals surface area (Å²) >= 11 is 3.33. The van der Waals surface area contributed by atoms with Crippen molar-refractivity contribution in [3.8, 4) is 11.5 Å². The van der Waals surface area contributed by atoms with Crippen LogP contribution in [-0.2, 0) is 16.1 Å². The van der Waals surface area contributed by atoms with E-state index in [4.69, 9.17) is 18.9 Å². The Kier molecular flexibility index (Phi) is 7.31. The Balaban J connectivity index is 2.22. The fraction of sp³-hybridized carbons (Fsp3) is 0.647. The molecule has 136 valence electrons. The van der Waals surface area contributed by atoms with Crippen LogP contribution in [0.5, 0.6) is 11.5 Å². The van der Waals surface area contributed by atoms with Crippen molar-refractivity contribution in [2.75, 3.05) is 39.7 Å². The maximum absolute atomic E-state index is 12.5. The van der Waals surface area contributed by atoms with Crippen molar-refractivity contribution in [3.05, 3.63) is 22.9 Å². The highest BCUT2D eigenvalue weighted by Gasteiger charge is 2.22. The van der Waals surface area contributed by atoms with Gasteiger partial charge in [0.15, 0.2) is 17.8 Å². The Bertz CT molecular complexity index is 526. The molecule has 6 nitrogen and oxygen atoms in total. The van der Waals surface area contributed by atoms with Crippen LogP contribution in [0.2, 0.25) is 0 Å². The van der Waals surface area contributed by atoms with Crippen LogP contribution in [0.1, 0.15) is 24.8 Å². The largest absolute Gasteiger partial charge is 0.628 e. The number of hydrogen-bond acceptors (Lipinski definition) is 5. The molecule has 7 heteroatoms. The van der Waals surface area contributed by atoms with Gasteiger partial charge in [0.1, 0.15) is 5.69 Å². The van der Waals surface area contributed by atoms with Gasteiger partial charge in [0, 0.05) is 23.6 Å². The Morgan fingerprint density at radius 3 is 2.67 bits per heavy atom. The average molecular weight is 404 g/mol. The van der Waals surface area contributed by atoms with Gasteiger partial charge in [0.25, 0.3) is 0 Å². The van der Waals surface area contributed by atoms with Crippen molar-refractivity contribution in [2.24, 2.45) is 0 Å². The molecule has 1 heterocycles. The minimum absolute atomic E-state index is 0.204. The lowest BCUT2D eigenvalue weighted by Crippen LogP contribution is -2.34. The number of hydrogen-bond donors (Lipinski definition) is 0. The highest BCUT2D eigenvalue weighted by molar-refractivity contribution is 9.09. The number of quaternary nitrogens is 1. The topological polar surface area (TPSA) is 60.0 Å². The maximum Gasteiger partial charge on any atom is 0.167 e. The summed E-state index contributed by atoms with van der Waals surface area (Å²) in [6, 6.07) is 3.56. The Morgan fingerprint density at radius 1 is 1.29 bits per heavy atom. The molecule has 1 unspecified atom stereocenters. The summed E-state index contributed by atoms with van der Waals surface area (Å²) < 4.78 is 22.0. The van der Waals surface area contributed by atoms with E-state index in [0.717, 1.165) is 31.4 Å². The van der Waals surface area contributed by atoms with Gasteiger partial charge in [0.2, 0.25) is 0 Å². The molecule has 1 aliphatic rings. The lowest BCUT2D eigenvalue weighted by Gasteiger charge is -2.35. The first-order valence-corrected chi connectivity index (χ1v) is 9.26. The zero-order chi connectivity index (χ0) is 17.6. The van der Waals surface area contributed by atoms with E-state index < -0.39 is 4.65 Å². The van der Waals surface area contributed by atoms with E-state index in [-0.39, 0.29) is 6.29 Å². The number of benzene rings is 1. The molecule has 0 bridgehead atoms. The van der Waals surface area contributed by atoms with Gasteiger partial charge in [-0.25, -0.2) is 0 Å². The molecule has 0 saturated carbocycles. The lowest BCUT2D eigenvalue weighted by molar-refractivity contribution is -0.168. The van der Waals surface area contributed by atoms with Gasteiger partial charge in [-0.15, -0.1) is 0 Å². The van der Waals surface area contributed by atoms with Crippen molar-refractivity contribution < 1.29 is 18.9 Å². The van der Waals surface area contributed by atoms with E-state index in [1.807, 2.05) is 6.07 Å². The third-order valence-corrected chi connectivity index (χ3v) is 4.17. The van der Waals surface area contributed by atoms with Crippen molar-refractivity contribution in [2.45, 2.75) is 32.2 Å².